The van der Waals surface area contributed by atoms with Crippen LogP contribution >= 0.6 is 23.4 Å². The monoisotopic (exact) mass is 529 g/mol. The second-order valence-corrected chi connectivity index (χ2v) is 9.26. The van der Waals surface area contributed by atoms with Crippen molar-refractivity contribution in [2.24, 2.45) is 0 Å². The van der Waals surface area contributed by atoms with Crippen LogP contribution in [0.2, 0.25) is 5.02 Å². The molecule has 0 aromatic heterocycles. The number of halogens is 1. The molecule has 1 heterocycles. The summed E-state index contributed by atoms with van der Waals surface area (Å²) >= 11 is 6.75. The predicted octanol–water partition coefficient (Wildman–Crippen LogP) is 6.03. The van der Waals surface area contributed by atoms with Crippen LogP contribution in [-0.2, 0) is 27.4 Å². The smallest absolute Gasteiger partial charge is 0.329 e. The van der Waals surface area contributed by atoms with Crippen molar-refractivity contribution in [3.05, 3.63) is 75.7 Å². The second-order valence-electron chi connectivity index (χ2n) is 7.83. The Kier molecular flexibility index (Phi) is 9.61. The van der Waals surface area contributed by atoms with Gasteiger partial charge in [-0.15, -0.1) is 6.58 Å². The Morgan fingerprint density at radius 3 is 2.50 bits per heavy atom. The number of imide groups is 1. The van der Waals surface area contributed by atoms with Gasteiger partial charge in [0.25, 0.3) is 11.1 Å². The topological polar surface area (TPSA) is 82.1 Å². The van der Waals surface area contributed by atoms with Gasteiger partial charge < -0.3 is 14.2 Å². The van der Waals surface area contributed by atoms with Gasteiger partial charge in [0.15, 0.2) is 11.5 Å². The number of ether oxygens (including phenoxy) is 3. The van der Waals surface area contributed by atoms with Crippen molar-refractivity contribution < 1.29 is 28.6 Å². The van der Waals surface area contributed by atoms with E-state index in [0.29, 0.717) is 41.7 Å². The normalized spacial score (nSPS) is 15.2. The van der Waals surface area contributed by atoms with Crippen molar-refractivity contribution in [3.8, 4) is 11.5 Å². The highest BCUT2D eigenvalue weighted by molar-refractivity contribution is 8.18. The first kappa shape index (κ1) is 27.4. The summed E-state index contributed by atoms with van der Waals surface area (Å²) in [6, 6.07) is 9.98. The zero-order valence-electron chi connectivity index (χ0n) is 20.4. The van der Waals surface area contributed by atoms with Crippen molar-refractivity contribution in [1.82, 2.24) is 4.90 Å². The van der Waals surface area contributed by atoms with Gasteiger partial charge in [-0.25, -0.2) is 4.79 Å². The van der Waals surface area contributed by atoms with Gasteiger partial charge >= 0.3 is 5.97 Å². The number of carbonyl (C=O) groups excluding carboxylic acids is 3. The summed E-state index contributed by atoms with van der Waals surface area (Å²) in [7, 11) is 0. The molecule has 0 aliphatic carbocycles. The number of allylic oxidation sites excluding steroid dienone is 1. The molecule has 1 aliphatic heterocycles. The quantitative estimate of drug-likeness (QED) is 0.199. The molecule has 36 heavy (non-hydrogen) atoms. The van der Waals surface area contributed by atoms with Crippen LogP contribution in [0.3, 0.4) is 0 Å². The SMILES string of the molecule is C=CCc1cc(/C=C2/SC(=O)N([C@@H](C)C(=O)OCC)C2=O)cc(OCC)c1OCc1ccc(Cl)cc1. The highest BCUT2D eigenvalue weighted by atomic mass is 35.5. The van der Waals surface area contributed by atoms with E-state index in [1.807, 2.05) is 25.1 Å². The van der Waals surface area contributed by atoms with Gasteiger partial charge in [-0.05, 0) is 80.4 Å². The Hall–Kier alpha value is -3.23. The molecule has 1 aliphatic rings. The van der Waals surface area contributed by atoms with E-state index in [9.17, 15) is 14.4 Å². The van der Waals surface area contributed by atoms with E-state index in [1.54, 1.807) is 37.3 Å². The standard InChI is InChI=1S/C27H28ClNO6S/c1-5-8-20-13-19(15-23-25(30)29(27(32)36-23)17(4)26(31)34-7-3)14-22(33-6-2)24(20)35-16-18-9-11-21(28)12-10-18/h5,9-15,17H,1,6-8,16H2,2-4H3/b23-15+/t17-/m0/s1. The van der Waals surface area contributed by atoms with E-state index < -0.39 is 23.2 Å². The van der Waals surface area contributed by atoms with E-state index in [0.717, 1.165) is 27.8 Å². The molecule has 1 saturated heterocycles. The van der Waals surface area contributed by atoms with Crippen LogP contribution in [0.15, 0.2) is 54.0 Å². The van der Waals surface area contributed by atoms with Crippen LogP contribution in [0.5, 0.6) is 11.5 Å². The Bertz CT molecular complexity index is 1180. The predicted molar refractivity (Wildman–Crippen MR) is 141 cm³/mol. The molecule has 0 unspecified atom stereocenters. The molecule has 0 radical (unpaired) electrons. The second kappa shape index (κ2) is 12.6. The molecule has 7 nitrogen and oxygen atoms in total. The van der Waals surface area contributed by atoms with E-state index in [-0.39, 0.29) is 11.5 Å². The number of hydrogen-bond acceptors (Lipinski definition) is 7. The van der Waals surface area contributed by atoms with Crippen molar-refractivity contribution in [1.29, 1.82) is 0 Å². The first-order valence-corrected chi connectivity index (χ1v) is 12.7. The van der Waals surface area contributed by atoms with Gasteiger partial charge in [0.05, 0.1) is 18.1 Å². The average Bonchev–Trinajstić information content (AvgIpc) is 3.12. The molecule has 3 rings (SSSR count). The molecule has 2 aromatic carbocycles. The number of carbonyl (C=O) groups is 3. The molecule has 0 saturated carbocycles. The lowest BCUT2D eigenvalue weighted by Gasteiger charge is -2.19. The minimum absolute atomic E-state index is 0.161. The number of esters is 1. The molecule has 0 bridgehead atoms. The van der Waals surface area contributed by atoms with Crippen LogP contribution in [0.1, 0.15) is 37.5 Å². The zero-order chi connectivity index (χ0) is 26.2. The largest absolute Gasteiger partial charge is 0.490 e. The van der Waals surface area contributed by atoms with Crippen molar-refractivity contribution in [2.45, 2.75) is 39.8 Å². The summed E-state index contributed by atoms with van der Waals surface area (Å²) in [5, 5.41) is 0.123. The highest BCUT2D eigenvalue weighted by Crippen LogP contribution is 2.38. The molecule has 0 N–H and O–H groups in total. The lowest BCUT2D eigenvalue weighted by Crippen LogP contribution is -2.42. The maximum absolute atomic E-state index is 13.0. The lowest BCUT2D eigenvalue weighted by molar-refractivity contribution is -0.150. The molecular formula is C27H28ClNO6S. The summed E-state index contributed by atoms with van der Waals surface area (Å²) in [5.41, 5.74) is 2.42. The Balaban J connectivity index is 1.92. The van der Waals surface area contributed by atoms with E-state index >= 15 is 0 Å². The van der Waals surface area contributed by atoms with Gasteiger partial charge in [0.2, 0.25) is 0 Å². The fourth-order valence-electron chi connectivity index (χ4n) is 3.57. The van der Waals surface area contributed by atoms with Crippen LogP contribution < -0.4 is 9.47 Å². The van der Waals surface area contributed by atoms with E-state index in [2.05, 4.69) is 6.58 Å². The van der Waals surface area contributed by atoms with Gasteiger partial charge in [0.1, 0.15) is 12.6 Å². The van der Waals surface area contributed by atoms with Crippen molar-refractivity contribution >= 4 is 46.6 Å². The molecule has 190 valence electrons. The maximum atomic E-state index is 13.0. The number of thioether (sulfide) groups is 1. The maximum Gasteiger partial charge on any atom is 0.329 e. The van der Waals surface area contributed by atoms with Crippen LogP contribution in [0, 0.1) is 0 Å². The fraction of sp³-hybridized carbons (Fsp3) is 0.296. The van der Waals surface area contributed by atoms with Crippen LogP contribution in [0.4, 0.5) is 4.79 Å². The third-order valence-electron chi connectivity index (χ3n) is 5.25. The highest BCUT2D eigenvalue weighted by Gasteiger charge is 2.41. The number of rotatable bonds is 11. The first-order valence-electron chi connectivity index (χ1n) is 11.5. The average molecular weight is 530 g/mol. The first-order chi connectivity index (χ1) is 17.3. The van der Waals surface area contributed by atoms with Gasteiger partial charge in [-0.1, -0.05) is 29.8 Å². The van der Waals surface area contributed by atoms with Crippen molar-refractivity contribution in [3.63, 3.8) is 0 Å². The number of nitrogens with zero attached hydrogens (tertiary/aromatic N) is 1. The van der Waals surface area contributed by atoms with Crippen LogP contribution in [-0.4, -0.2) is 41.3 Å². The van der Waals surface area contributed by atoms with E-state index in [4.69, 9.17) is 25.8 Å². The van der Waals surface area contributed by atoms with E-state index in [1.165, 1.54) is 6.92 Å². The number of hydrogen-bond donors (Lipinski definition) is 0. The summed E-state index contributed by atoms with van der Waals surface area (Å²) in [6.07, 6.45) is 3.86. The molecule has 9 heteroatoms. The van der Waals surface area contributed by atoms with Gasteiger partial charge in [0, 0.05) is 10.6 Å². The zero-order valence-corrected chi connectivity index (χ0v) is 22.0. The fourth-order valence-corrected chi connectivity index (χ4v) is 4.60. The Morgan fingerprint density at radius 1 is 1.14 bits per heavy atom. The summed E-state index contributed by atoms with van der Waals surface area (Å²) in [6.45, 7) is 9.72. The van der Waals surface area contributed by atoms with Crippen LogP contribution in [0.25, 0.3) is 6.08 Å². The molecule has 2 aromatic rings. The third-order valence-corrected chi connectivity index (χ3v) is 6.39. The minimum atomic E-state index is -1.01. The van der Waals surface area contributed by atoms with Crippen molar-refractivity contribution in [2.75, 3.05) is 13.2 Å². The molecule has 0 spiro atoms. The summed E-state index contributed by atoms with van der Waals surface area (Å²) in [5.74, 6) is -0.0870. The lowest BCUT2D eigenvalue weighted by atomic mass is 10.0. The minimum Gasteiger partial charge on any atom is -0.490 e. The third kappa shape index (κ3) is 6.50. The number of amides is 2. The molecular weight excluding hydrogens is 502 g/mol. The number of benzene rings is 2. The molecule has 2 amide bonds. The Labute approximate surface area is 220 Å². The summed E-state index contributed by atoms with van der Waals surface area (Å²) < 4.78 is 17.0. The molecule has 1 fully saturated rings. The summed E-state index contributed by atoms with van der Waals surface area (Å²) in [4.78, 5) is 38.7. The van der Waals surface area contributed by atoms with Gasteiger partial charge in [-0.2, -0.15) is 0 Å². The van der Waals surface area contributed by atoms with Gasteiger partial charge in [-0.3, -0.25) is 14.5 Å². The molecule has 1 atom stereocenters. The Morgan fingerprint density at radius 2 is 1.86 bits per heavy atom.